The zero-order valence-electron chi connectivity index (χ0n) is 21.4. The molecule has 5 rings (SSSR count). The second-order valence-electron chi connectivity index (χ2n) is 11.5. The van der Waals surface area contributed by atoms with Crippen molar-refractivity contribution >= 4 is 17.6 Å². The molecule has 2 aliphatic carbocycles. The van der Waals surface area contributed by atoms with Gasteiger partial charge in [-0.1, -0.05) is 12.1 Å². The lowest BCUT2D eigenvalue weighted by Gasteiger charge is -2.58. The van der Waals surface area contributed by atoms with E-state index in [1.54, 1.807) is 18.1 Å². The molecule has 210 valence electrons. The highest BCUT2D eigenvalue weighted by Crippen LogP contribution is 2.62. The Morgan fingerprint density at radius 3 is 2.47 bits per heavy atom. The molecule has 5 unspecified atom stereocenters. The minimum atomic E-state index is -5.03. The molecule has 38 heavy (non-hydrogen) atoms. The molecule has 11 heteroatoms. The van der Waals surface area contributed by atoms with Gasteiger partial charge in [0.05, 0.1) is 24.4 Å². The van der Waals surface area contributed by atoms with E-state index in [0.29, 0.717) is 32.4 Å². The number of aliphatic hydroxyl groups is 1. The zero-order chi connectivity index (χ0) is 27.2. The highest BCUT2D eigenvalue weighted by atomic mass is 19.4. The highest BCUT2D eigenvalue weighted by molar-refractivity contribution is 5.89. The van der Waals surface area contributed by atoms with Crippen LogP contribution in [0, 0.1) is 34.9 Å². The fraction of sp³-hybridized carbons (Fsp3) is 0.704. The van der Waals surface area contributed by atoms with Crippen molar-refractivity contribution in [2.24, 2.45) is 29.1 Å². The maximum atomic E-state index is 14.1. The van der Waals surface area contributed by atoms with Crippen molar-refractivity contribution in [1.29, 1.82) is 0 Å². The third kappa shape index (κ3) is 4.76. The van der Waals surface area contributed by atoms with Gasteiger partial charge in [-0.3, -0.25) is 4.79 Å². The molecule has 1 aromatic rings. The Bertz CT molecular complexity index is 1050. The number of hydrogen-bond donors (Lipinski definition) is 2. The number of anilines is 1. The molecule has 4 aliphatic rings. The fourth-order valence-corrected chi connectivity index (χ4v) is 8.14. The summed E-state index contributed by atoms with van der Waals surface area (Å²) in [6.07, 6.45) is -0.789. The van der Waals surface area contributed by atoms with Crippen LogP contribution in [0.15, 0.2) is 24.3 Å². The lowest BCUT2D eigenvalue weighted by molar-refractivity contribution is -0.200. The summed E-state index contributed by atoms with van der Waals surface area (Å²) in [6, 6.07) is 4.52. The summed E-state index contributed by atoms with van der Waals surface area (Å²) in [7, 11) is 1.68. The number of fused-ring (bicyclic) bond motifs is 4. The number of carbonyl (C=O) groups is 2. The van der Waals surface area contributed by atoms with E-state index in [0.717, 1.165) is 24.2 Å². The van der Waals surface area contributed by atoms with E-state index in [4.69, 9.17) is 4.74 Å². The third-order valence-corrected chi connectivity index (χ3v) is 9.76. The molecule has 2 N–H and O–H groups in total. The molecule has 2 heterocycles. The van der Waals surface area contributed by atoms with Crippen LogP contribution in [0.4, 0.5) is 28.0 Å². The van der Waals surface area contributed by atoms with Crippen molar-refractivity contribution in [2.75, 3.05) is 38.7 Å². The topological polar surface area (TPSA) is 82.1 Å². The number of para-hydroxylation sites is 1. The number of hydrogen-bond acceptors (Lipinski definition) is 4. The summed E-state index contributed by atoms with van der Waals surface area (Å²) in [5, 5.41) is 12.8. The number of benzene rings is 1. The largest absolute Gasteiger partial charge is 0.471 e. The minimum Gasteiger partial charge on any atom is -0.394 e. The number of likely N-dealkylation sites (tertiary alicyclic amines) is 2. The van der Waals surface area contributed by atoms with E-state index in [1.807, 2.05) is 0 Å². The average Bonchev–Trinajstić information content (AvgIpc) is 3.29. The van der Waals surface area contributed by atoms with E-state index < -0.39 is 42.0 Å². The van der Waals surface area contributed by atoms with Crippen LogP contribution >= 0.6 is 0 Å². The number of methoxy groups -OCH3 is 1. The van der Waals surface area contributed by atoms with E-state index >= 15 is 0 Å². The van der Waals surface area contributed by atoms with Crippen LogP contribution in [0.2, 0.25) is 0 Å². The van der Waals surface area contributed by atoms with Crippen LogP contribution in [0.5, 0.6) is 0 Å². The average molecular weight is 542 g/mol. The van der Waals surface area contributed by atoms with Gasteiger partial charge in [-0.05, 0) is 79.7 Å². The molecule has 1 aromatic carbocycles. The molecule has 4 fully saturated rings. The predicted octanol–water partition coefficient (Wildman–Crippen LogP) is 4.27. The molecule has 7 nitrogen and oxygen atoms in total. The van der Waals surface area contributed by atoms with Gasteiger partial charge < -0.3 is 25.0 Å². The number of amides is 3. The molecule has 0 bridgehead atoms. The molecular formula is C27H35F4N3O4. The van der Waals surface area contributed by atoms with Gasteiger partial charge in [-0.15, -0.1) is 0 Å². The van der Waals surface area contributed by atoms with Crippen LogP contribution < -0.4 is 5.32 Å². The number of halogens is 4. The number of piperidine rings is 2. The lowest BCUT2D eigenvalue weighted by Crippen LogP contribution is -2.65. The van der Waals surface area contributed by atoms with Crippen molar-refractivity contribution in [3.8, 4) is 0 Å². The first-order chi connectivity index (χ1) is 18.1. The monoisotopic (exact) mass is 541 g/mol. The second-order valence-corrected chi connectivity index (χ2v) is 11.5. The zero-order valence-corrected chi connectivity index (χ0v) is 21.4. The van der Waals surface area contributed by atoms with Gasteiger partial charge in [-0.25, -0.2) is 9.18 Å². The number of rotatable bonds is 3. The number of nitrogens with zero attached hydrogens (tertiary/aromatic N) is 2. The molecule has 0 radical (unpaired) electrons. The molecule has 0 aromatic heterocycles. The number of nitrogens with one attached hydrogen (secondary N) is 1. The standard InChI is InChI=1S/C27H35F4N3O4/c1-38-17-6-7-18-16(12-17)13-19-22(14-35)34(24(36)27(29,30)31)15-26(23(18)19)8-10-33(11-9-26)25(37)32-21-5-3-2-4-20(21)28/h2-5,16-19,22-23,35H,6-15H2,1H3,(H,32,37)/t16?,17?,18?,19?,22-,23?/m0/s1. The summed E-state index contributed by atoms with van der Waals surface area (Å²) in [5.41, 5.74) is -0.525. The van der Waals surface area contributed by atoms with Crippen molar-refractivity contribution in [3.63, 3.8) is 0 Å². The van der Waals surface area contributed by atoms with Crippen LogP contribution in [-0.2, 0) is 9.53 Å². The number of ether oxygens (including phenoxy) is 1. The van der Waals surface area contributed by atoms with Gasteiger partial charge in [0.15, 0.2) is 0 Å². The van der Waals surface area contributed by atoms with E-state index in [-0.39, 0.29) is 42.0 Å². The lowest BCUT2D eigenvalue weighted by atomic mass is 9.57. The first kappa shape index (κ1) is 27.2. The van der Waals surface area contributed by atoms with Gasteiger partial charge >= 0.3 is 18.1 Å². The Morgan fingerprint density at radius 2 is 1.84 bits per heavy atom. The molecular weight excluding hydrogens is 506 g/mol. The van der Waals surface area contributed by atoms with Gasteiger partial charge in [0.1, 0.15) is 5.82 Å². The fourth-order valence-electron chi connectivity index (χ4n) is 8.14. The summed E-state index contributed by atoms with van der Waals surface area (Å²) in [6.45, 7) is -0.0142. The van der Waals surface area contributed by atoms with Gasteiger partial charge in [0.2, 0.25) is 0 Å². The normalized spacial score (nSPS) is 32.6. The highest BCUT2D eigenvalue weighted by Gasteiger charge is 2.63. The molecule has 1 spiro atoms. The third-order valence-electron chi connectivity index (χ3n) is 9.76. The van der Waals surface area contributed by atoms with Crippen LogP contribution in [0.3, 0.4) is 0 Å². The summed E-state index contributed by atoms with van der Waals surface area (Å²) >= 11 is 0. The summed E-state index contributed by atoms with van der Waals surface area (Å²) < 4.78 is 60.6. The molecule has 3 amide bonds. The first-order valence-corrected chi connectivity index (χ1v) is 13.4. The van der Waals surface area contributed by atoms with Crippen molar-refractivity contribution in [3.05, 3.63) is 30.1 Å². The number of carbonyl (C=O) groups excluding carboxylic acids is 2. The Kier molecular flexibility index (Phi) is 7.36. The van der Waals surface area contributed by atoms with Crippen molar-refractivity contribution in [2.45, 2.75) is 56.8 Å². The Labute approximate surface area is 219 Å². The van der Waals surface area contributed by atoms with Gasteiger partial charge in [-0.2, -0.15) is 13.2 Å². The SMILES string of the molecule is COC1CCC2C(C1)CC1C2C2(CCN(C(=O)Nc3ccccc3F)CC2)CN(C(=O)C(F)(F)F)[C@H]1CO. The Balaban J connectivity index is 1.40. The Hall–Kier alpha value is -2.40. The smallest absolute Gasteiger partial charge is 0.394 e. The van der Waals surface area contributed by atoms with Gasteiger partial charge in [0.25, 0.3) is 0 Å². The Morgan fingerprint density at radius 1 is 1.13 bits per heavy atom. The maximum absolute atomic E-state index is 14.1. The molecule has 6 atom stereocenters. The van der Waals surface area contributed by atoms with Crippen LogP contribution in [0.1, 0.15) is 38.5 Å². The number of urea groups is 1. The summed E-state index contributed by atoms with van der Waals surface area (Å²) in [4.78, 5) is 27.9. The van der Waals surface area contributed by atoms with Crippen molar-refractivity contribution in [1.82, 2.24) is 9.80 Å². The molecule has 2 saturated heterocycles. The van der Waals surface area contributed by atoms with Crippen molar-refractivity contribution < 1.29 is 37.0 Å². The first-order valence-electron chi connectivity index (χ1n) is 13.4. The minimum absolute atomic E-state index is 0.0523. The predicted molar refractivity (Wildman–Crippen MR) is 131 cm³/mol. The van der Waals surface area contributed by atoms with Gasteiger partial charge in [0, 0.05) is 26.7 Å². The molecule has 2 aliphatic heterocycles. The van der Waals surface area contributed by atoms with E-state index in [9.17, 15) is 32.3 Å². The number of aliphatic hydroxyl groups excluding tert-OH is 1. The quantitative estimate of drug-likeness (QED) is 0.560. The van der Waals surface area contributed by atoms with Crippen LogP contribution in [-0.4, -0.2) is 78.5 Å². The van der Waals surface area contributed by atoms with E-state index in [1.165, 1.54) is 18.2 Å². The van der Waals surface area contributed by atoms with Crippen LogP contribution in [0.25, 0.3) is 0 Å². The summed E-state index contributed by atoms with van der Waals surface area (Å²) in [5.74, 6) is -2.11. The van der Waals surface area contributed by atoms with E-state index in [2.05, 4.69) is 5.32 Å². The maximum Gasteiger partial charge on any atom is 0.471 e. The second kappa shape index (κ2) is 10.3. The number of alkyl halides is 3. The molecule has 2 saturated carbocycles.